The third kappa shape index (κ3) is 5.15. The van der Waals surface area contributed by atoms with Gasteiger partial charge in [0, 0.05) is 44.4 Å². The lowest BCUT2D eigenvalue weighted by molar-refractivity contribution is 0.669. The van der Waals surface area contributed by atoms with E-state index in [-0.39, 0.29) is 0 Å². The number of nitriles is 1. The lowest BCUT2D eigenvalue weighted by Crippen LogP contribution is -1.97. The molecule has 46 heavy (non-hydrogen) atoms. The van der Waals surface area contributed by atoms with Crippen molar-refractivity contribution >= 4 is 33.3 Å². The summed E-state index contributed by atoms with van der Waals surface area (Å²) in [7, 11) is 0. The second-order valence-electron chi connectivity index (χ2n) is 11.1. The summed E-state index contributed by atoms with van der Waals surface area (Å²) in [5, 5.41) is 15.3. The minimum absolute atomic E-state index is 0.590. The third-order valence-corrected chi connectivity index (χ3v) is 8.12. The van der Waals surface area contributed by atoms with Crippen LogP contribution in [0.3, 0.4) is 0 Å². The number of aromatic nitrogens is 2. The van der Waals surface area contributed by atoms with Gasteiger partial charge in [-0.2, -0.15) is 5.26 Å². The van der Waals surface area contributed by atoms with Gasteiger partial charge in [0.05, 0.1) is 23.0 Å². The van der Waals surface area contributed by atoms with E-state index in [1.54, 1.807) is 6.07 Å². The topological polar surface area (TPSA) is 74.7 Å². The summed E-state index contributed by atoms with van der Waals surface area (Å²) in [4.78, 5) is 9.88. The monoisotopic (exact) mass is 590 g/mol. The summed E-state index contributed by atoms with van der Waals surface area (Å²) in [6.07, 6.45) is 0. The summed E-state index contributed by atoms with van der Waals surface area (Å²) in [5.74, 6) is 0.616. The molecule has 216 valence electrons. The van der Waals surface area contributed by atoms with Crippen LogP contribution in [0.2, 0.25) is 0 Å². The van der Waals surface area contributed by atoms with Gasteiger partial charge >= 0.3 is 0 Å². The zero-order valence-corrected chi connectivity index (χ0v) is 24.7. The van der Waals surface area contributed by atoms with Gasteiger partial charge < -0.3 is 9.73 Å². The molecule has 8 rings (SSSR count). The van der Waals surface area contributed by atoms with Crippen molar-refractivity contribution in [2.75, 3.05) is 5.32 Å². The second-order valence-corrected chi connectivity index (χ2v) is 11.1. The van der Waals surface area contributed by atoms with E-state index in [0.29, 0.717) is 11.4 Å². The van der Waals surface area contributed by atoms with Crippen LogP contribution in [0.15, 0.2) is 156 Å². The molecule has 5 heteroatoms. The number of hydrogen-bond acceptors (Lipinski definition) is 5. The molecule has 8 aromatic rings. The lowest BCUT2D eigenvalue weighted by Gasteiger charge is -2.13. The zero-order chi connectivity index (χ0) is 30.9. The van der Waals surface area contributed by atoms with Gasteiger partial charge in [-0.3, -0.25) is 0 Å². The maximum absolute atomic E-state index is 9.46. The highest BCUT2D eigenvalue weighted by atomic mass is 16.3. The molecule has 2 heterocycles. The molecule has 0 saturated heterocycles. The molecule has 0 saturated carbocycles. The average molecular weight is 591 g/mol. The number of rotatable bonds is 6. The van der Waals surface area contributed by atoms with Gasteiger partial charge in [-0.15, -0.1) is 0 Å². The van der Waals surface area contributed by atoms with Crippen molar-refractivity contribution in [1.82, 2.24) is 9.97 Å². The number of benzene rings is 6. The third-order valence-electron chi connectivity index (χ3n) is 8.12. The number of anilines is 2. The number of furan rings is 1. The largest absolute Gasteiger partial charge is 0.456 e. The van der Waals surface area contributed by atoms with E-state index < -0.39 is 0 Å². The summed E-state index contributed by atoms with van der Waals surface area (Å²) >= 11 is 0. The van der Waals surface area contributed by atoms with Gasteiger partial charge in [-0.1, -0.05) is 84.9 Å². The fourth-order valence-corrected chi connectivity index (χ4v) is 5.82. The van der Waals surface area contributed by atoms with Crippen LogP contribution in [0.1, 0.15) is 5.56 Å². The quantitative estimate of drug-likeness (QED) is 0.208. The van der Waals surface area contributed by atoms with Gasteiger partial charge in [0.1, 0.15) is 11.2 Å². The fourth-order valence-electron chi connectivity index (χ4n) is 5.82. The molecule has 2 aromatic heterocycles. The Balaban J connectivity index is 1.12. The van der Waals surface area contributed by atoms with E-state index in [1.807, 2.05) is 109 Å². The Morgan fingerprint density at radius 1 is 0.522 bits per heavy atom. The van der Waals surface area contributed by atoms with Gasteiger partial charge in [-0.25, -0.2) is 9.97 Å². The summed E-state index contributed by atoms with van der Waals surface area (Å²) in [6, 6.07) is 52.7. The molecule has 0 unspecified atom stereocenters. The zero-order valence-electron chi connectivity index (χ0n) is 24.7. The molecule has 0 bridgehead atoms. The second kappa shape index (κ2) is 11.5. The SMILES string of the molecule is N#Cc1cccc(-c2cc(-c3ccccc3)nc(-c3ccc(Nc4ccccc4-c4ccc5c(c4)oc4ccccc45)cc3)n2)c1. The molecule has 0 radical (unpaired) electrons. The molecule has 0 aliphatic carbocycles. The molecule has 0 atom stereocenters. The Morgan fingerprint density at radius 2 is 1.22 bits per heavy atom. The minimum Gasteiger partial charge on any atom is -0.456 e. The maximum Gasteiger partial charge on any atom is 0.160 e. The first-order valence-corrected chi connectivity index (χ1v) is 15.0. The Labute approximate surface area is 266 Å². The molecule has 0 amide bonds. The minimum atomic E-state index is 0.590. The van der Waals surface area contributed by atoms with Crippen LogP contribution in [-0.4, -0.2) is 9.97 Å². The van der Waals surface area contributed by atoms with E-state index in [2.05, 4.69) is 47.8 Å². The highest BCUT2D eigenvalue weighted by Crippen LogP contribution is 2.36. The van der Waals surface area contributed by atoms with Crippen LogP contribution < -0.4 is 5.32 Å². The molecular weight excluding hydrogens is 564 g/mol. The molecular formula is C41H26N4O. The first-order valence-electron chi connectivity index (χ1n) is 15.0. The first-order chi connectivity index (χ1) is 22.7. The molecule has 1 N–H and O–H groups in total. The van der Waals surface area contributed by atoms with E-state index in [4.69, 9.17) is 14.4 Å². The van der Waals surface area contributed by atoms with Gasteiger partial charge in [0.15, 0.2) is 5.82 Å². The van der Waals surface area contributed by atoms with Crippen molar-refractivity contribution < 1.29 is 4.42 Å². The average Bonchev–Trinajstić information content (AvgIpc) is 3.50. The van der Waals surface area contributed by atoms with Crippen LogP contribution in [-0.2, 0) is 0 Å². The predicted molar refractivity (Wildman–Crippen MR) is 185 cm³/mol. The van der Waals surface area contributed by atoms with E-state index in [0.717, 1.165) is 72.5 Å². The van der Waals surface area contributed by atoms with Gasteiger partial charge in [-0.05, 0) is 72.3 Å². The number of nitrogens with one attached hydrogen (secondary N) is 1. The number of hydrogen-bond donors (Lipinski definition) is 1. The Kier molecular flexibility index (Phi) is 6.79. The van der Waals surface area contributed by atoms with E-state index in [9.17, 15) is 5.26 Å². The van der Waals surface area contributed by atoms with E-state index >= 15 is 0 Å². The van der Waals surface area contributed by atoms with Gasteiger partial charge in [0.2, 0.25) is 0 Å². The molecule has 6 aromatic carbocycles. The van der Waals surface area contributed by atoms with Crippen LogP contribution in [0.25, 0.3) is 67.0 Å². The highest BCUT2D eigenvalue weighted by molar-refractivity contribution is 6.06. The molecule has 0 fully saturated rings. The lowest BCUT2D eigenvalue weighted by atomic mass is 10.0. The predicted octanol–water partition coefficient (Wildman–Crippen LogP) is 10.7. The summed E-state index contributed by atoms with van der Waals surface area (Å²) < 4.78 is 6.17. The van der Waals surface area contributed by atoms with Crippen molar-refractivity contribution in [2.45, 2.75) is 0 Å². The summed E-state index contributed by atoms with van der Waals surface area (Å²) in [6.45, 7) is 0. The van der Waals surface area contributed by atoms with Crippen LogP contribution in [0.5, 0.6) is 0 Å². The Hall–Kier alpha value is -6.51. The van der Waals surface area contributed by atoms with Crippen molar-refractivity contribution in [3.05, 3.63) is 157 Å². The normalized spacial score (nSPS) is 11.0. The van der Waals surface area contributed by atoms with Crippen molar-refractivity contribution in [1.29, 1.82) is 5.26 Å². The number of nitrogens with zero attached hydrogens (tertiary/aromatic N) is 3. The highest BCUT2D eigenvalue weighted by Gasteiger charge is 2.13. The van der Waals surface area contributed by atoms with Crippen LogP contribution in [0, 0.1) is 11.3 Å². The Morgan fingerprint density at radius 3 is 2.07 bits per heavy atom. The number of para-hydroxylation sites is 2. The van der Waals surface area contributed by atoms with Crippen molar-refractivity contribution in [2.24, 2.45) is 0 Å². The fraction of sp³-hybridized carbons (Fsp3) is 0. The number of fused-ring (bicyclic) bond motifs is 3. The van der Waals surface area contributed by atoms with Gasteiger partial charge in [0.25, 0.3) is 0 Å². The van der Waals surface area contributed by atoms with Crippen LogP contribution >= 0.6 is 0 Å². The van der Waals surface area contributed by atoms with E-state index in [1.165, 1.54) is 0 Å². The molecule has 0 spiro atoms. The smallest absolute Gasteiger partial charge is 0.160 e. The van der Waals surface area contributed by atoms with Crippen LogP contribution in [0.4, 0.5) is 11.4 Å². The summed E-state index contributed by atoms with van der Waals surface area (Å²) in [5.41, 5.74) is 10.8. The Bertz CT molecular complexity index is 2400. The standard InChI is InChI=1S/C41H26N4O/c42-26-27-9-8-12-31(23-27)38-25-37(28-10-2-1-3-11-28)44-41(45-38)29-17-20-32(21-18-29)43-36-15-6-4-13-33(36)30-19-22-35-34-14-5-7-16-39(34)46-40(35)24-30/h1-25,43H. The molecule has 0 aliphatic heterocycles. The van der Waals surface area contributed by atoms with Crippen molar-refractivity contribution in [3.8, 4) is 51.1 Å². The molecule has 0 aliphatic rings. The first kappa shape index (κ1) is 27.1. The van der Waals surface area contributed by atoms with Crippen molar-refractivity contribution in [3.63, 3.8) is 0 Å². The maximum atomic E-state index is 9.46. The molecule has 5 nitrogen and oxygen atoms in total.